The van der Waals surface area contributed by atoms with Crippen molar-refractivity contribution in [2.45, 2.75) is 102 Å². The van der Waals surface area contributed by atoms with Gasteiger partial charge in [-0.3, -0.25) is 33.8 Å². The quantitative estimate of drug-likeness (QED) is 0.0507. The average molecular weight is 717 g/mol. The van der Waals surface area contributed by atoms with Gasteiger partial charge >= 0.3 is 0 Å². The van der Waals surface area contributed by atoms with Gasteiger partial charge in [0.05, 0.1) is 13.0 Å². The van der Waals surface area contributed by atoms with E-state index in [4.69, 9.17) is 17.2 Å². The number of rotatable bonds is 17. The summed E-state index contributed by atoms with van der Waals surface area (Å²) in [7, 11) is 0. The third-order valence-corrected chi connectivity index (χ3v) is 8.16. The van der Waals surface area contributed by atoms with E-state index in [1.54, 1.807) is 12.1 Å². The number of carbonyl (C=O) groups excluding carboxylic acids is 6. The highest BCUT2D eigenvalue weighted by atomic mass is 16.3. The molecule has 0 aromatic heterocycles. The van der Waals surface area contributed by atoms with Gasteiger partial charge in [-0.25, -0.2) is 0 Å². The molecule has 0 bridgehead atoms. The van der Waals surface area contributed by atoms with Crippen LogP contribution in [0.2, 0.25) is 0 Å². The number of guanidine groups is 1. The zero-order chi connectivity index (χ0) is 37.8. The predicted octanol–water partition coefficient (Wildman–Crippen LogP) is -1.48. The number of benzene rings is 1. The number of aromatic hydroxyl groups is 1. The van der Waals surface area contributed by atoms with Crippen molar-refractivity contribution in [3.63, 3.8) is 0 Å². The monoisotopic (exact) mass is 716 g/mol. The summed E-state index contributed by atoms with van der Waals surface area (Å²) in [5, 5.41) is 25.6. The first-order chi connectivity index (χ1) is 24.3. The smallest absolute Gasteiger partial charge is 0.243 e. The van der Waals surface area contributed by atoms with Gasteiger partial charge in [0.1, 0.15) is 29.9 Å². The first-order valence-corrected chi connectivity index (χ1v) is 17.6. The molecule has 17 heteroatoms. The average Bonchev–Trinajstić information content (AvgIpc) is 3.07. The highest BCUT2D eigenvalue weighted by Crippen LogP contribution is 2.13. The Hall–Kier alpha value is -4.93. The van der Waals surface area contributed by atoms with Gasteiger partial charge in [-0.2, -0.15) is 0 Å². The summed E-state index contributed by atoms with van der Waals surface area (Å²) in [6.07, 6.45) is 3.77. The maximum absolute atomic E-state index is 13.9. The molecule has 6 amide bonds. The molecule has 284 valence electrons. The van der Waals surface area contributed by atoms with E-state index in [1.165, 1.54) is 12.1 Å². The van der Waals surface area contributed by atoms with Crippen LogP contribution in [0.5, 0.6) is 5.75 Å². The second kappa shape index (κ2) is 22.7. The number of amides is 6. The van der Waals surface area contributed by atoms with Crippen molar-refractivity contribution in [1.29, 1.82) is 0 Å². The highest BCUT2D eigenvalue weighted by molar-refractivity contribution is 5.98. The van der Waals surface area contributed by atoms with Crippen LogP contribution in [0.4, 0.5) is 0 Å². The molecule has 2 rings (SSSR count). The summed E-state index contributed by atoms with van der Waals surface area (Å²) in [6.45, 7) is 4.57. The number of aliphatic imine (C=N–C) groups is 1. The molecule has 0 aliphatic carbocycles. The molecule has 1 aromatic rings. The standard InChI is InChI=1S/C34H56N10O7/c1-21(2)8-4-6-16-38-28(46)19-27-33(51)44-26(18-22-11-13-23(45)14-12-22)32(50)43-25(9-3-5-15-35)31(49)42-24(10-7-17-39-34(36)37)30(48)40-20-29(47)41-27/h11-14,21,24-27,45H,3-10,15-20,35H2,1-2H3,(H,38,46)(H,40,48)(H,41,47)(H,42,49)(H,43,50)(H,44,51)(H4,36,37,39)/t24-,25-,26+,27-/m0/s1. The van der Waals surface area contributed by atoms with Crippen molar-refractivity contribution in [3.8, 4) is 5.75 Å². The highest BCUT2D eigenvalue weighted by Gasteiger charge is 2.33. The minimum Gasteiger partial charge on any atom is -0.508 e. The Morgan fingerprint density at radius 2 is 1.43 bits per heavy atom. The normalized spacial score (nSPS) is 20.5. The summed E-state index contributed by atoms with van der Waals surface area (Å²) in [5.74, 6) is -3.74. The minimum atomic E-state index is -1.40. The SMILES string of the molecule is CC(C)CCCCNC(=O)C[C@@H]1NC(=O)CNC(=O)[C@H](CCCN=C(N)N)NC(=O)[C@H](CCCCN)NC(=O)[C@@H](Cc2ccc(O)cc2)NC1=O. The summed E-state index contributed by atoms with van der Waals surface area (Å²) in [5.41, 5.74) is 17.1. The van der Waals surface area contributed by atoms with E-state index >= 15 is 0 Å². The van der Waals surface area contributed by atoms with Gasteiger partial charge in [-0.15, -0.1) is 0 Å². The number of unbranched alkanes of at least 4 members (excludes halogenated alkanes) is 2. The van der Waals surface area contributed by atoms with Crippen molar-refractivity contribution in [2.75, 3.05) is 26.2 Å². The molecule has 1 aromatic carbocycles. The van der Waals surface area contributed by atoms with Gasteiger partial charge in [0.15, 0.2) is 5.96 Å². The minimum absolute atomic E-state index is 0.0000445. The zero-order valence-corrected chi connectivity index (χ0v) is 29.7. The van der Waals surface area contributed by atoms with Crippen molar-refractivity contribution in [1.82, 2.24) is 31.9 Å². The number of carbonyl (C=O) groups is 6. The number of nitrogens with two attached hydrogens (primary N) is 3. The second-order valence-electron chi connectivity index (χ2n) is 13.1. The molecule has 13 N–H and O–H groups in total. The fourth-order valence-corrected chi connectivity index (χ4v) is 5.34. The number of phenols is 1. The van der Waals surface area contributed by atoms with E-state index in [0.717, 1.165) is 19.3 Å². The Morgan fingerprint density at radius 3 is 2.08 bits per heavy atom. The van der Waals surface area contributed by atoms with Crippen molar-refractivity contribution in [3.05, 3.63) is 29.8 Å². The molecule has 0 saturated carbocycles. The molecule has 17 nitrogen and oxygen atoms in total. The van der Waals surface area contributed by atoms with E-state index < -0.39 is 72.6 Å². The third kappa shape index (κ3) is 17.0. The van der Waals surface area contributed by atoms with Gasteiger partial charge in [0.2, 0.25) is 35.4 Å². The maximum Gasteiger partial charge on any atom is 0.243 e. The Balaban J connectivity index is 2.42. The Morgan fingerprint density at radius 1 is 0.824 bits per heavy atom. The van der Waals surface area contributed by atoms with Crippen LogP contribution in [0.15, 0.2) is 29.3 Å². The van der Waals surface area contributed by atoms with E-state index in [2.05, 4.69) is 50.7 Å². The fourth-order valence-electron chi connectivity index (χ4n) is 5.34. The summed E-state index contributed by atoms with van der Waals surface area (Å²) in [4.78, 5) is 84.3. The molecule has 4 atom stereocenters. The van der Waals surface area contributed by atoms with Gasteiger partial charge in [0.25, 0.3) is 0 Å². The molecule has 0 radical (unpaired) electrons. The lowest BCUT2D eigenvalue weighted by Gasteiger charge is -2.26. The lowest BCUT2D eigenvalue weighted by Crippen LogP contribution is -2.58. The number of phenolic OH excluding ortho intramolecular Hbond substituents is 1. The lowest BCUT2D eigenvalue weighted by atomic mass is 10.0. The number of nitrogens with zero attached hydrogens (tertiary/aromatic N) is 1. The lowest BCUT2D eigenvalue weighted by molar-refractivity contribution is -0.134. The molecule has 51 heavy (non-hydrogen) atoms. The van der Waals surface area contributed by atoms with E-state index in [0.29, 0.717) is 43.8 Å². The largest absolute Gasteiger partial charge is 0.508 e. The third-order valence-electron chi connectivity index (χ3n) is 8.16. The molecular weight excluding hydrogens is 660 g/mol. The Bertz CT molecular complexity index is 1330. The molecule has 1 saturated heterocycles. The van der Waals surface area contributed by atoms with Gasteiger partial charge < -0.3 is 54.2 Å². The number of nitrogens with one attached hydrogen (secondary N) is 6. The summed E-state index contributed by atoms with van der Waals surface area (Å²) >= 11 is 0. The van der Waals surface area contributed by atoms with Crippen LogP contribution >= 0.6 is 0 Å². The van der Waals surface area contributed by atoms with Crippen molar-refractivity contribution < 1.29 is 33.9 Å². The molecule has 0 spiro atoms. The van der Waals surface area contributed by atoms with Crippen LogP contribution in [0.1, 0.15) is 77.2 Å². The van der Waals surface area contributed by atoms with E-state index in [-0.39, 0.29) is 37.5 Å². The van der Waals surface area contributed by atoms with Crippen LogP contribution in [-0.4, -0.2) is 96.9 Å². The molecule has 1 heterocycles. The fraction of sp³-hybridized carbons (Fsp3) is 0.618. The van der Waals surface area contributed by atoms with Crippen LogP contribution in [0, 0.1) is 5.92 Å². The first-order valence-electron chi connectivity index (χ1n) is 17.6. The molecule has 1 aliphatic rings. The molecular formula is C34H56N10O7. The number of hydrogen-bond acceptors (Lipinski definition) is 9. The summed E-state index contributed by atoms with van der Waals surface area (Å²) < 4.78 is 0. The van der Waals surface area contributed by atoms with E-state index in [1.807, 2.05) is 0 Å². The second-order valence-corrected chi connectivity index (χ2v) is 13.1. The van der Waals surface area contributed by atoms with Gasteiger partial charge in [-0.05, 0) is 68.7 Å². The Labute approximate surface area is 299 Å². The first kappa shape index (κ1) is 42.2. The summed E-state index contributed by atoms with van der Waals surface area (Å²) in [6, 6.07) is 1.11. The molecule has 1 fully saturated rings. The maximum atomic E-state index is 13.9. The van der Waals surface area contributed by atoms with E-state index in [9.17, 15) is 33.9 Å². The van der Waals surface area contributed by atoms with Crippen molar-refractivity contribution in [2.24, 2.45) is 28.1 Å². The van der Waals surface area contributed by atoms with Gasteiger partial charge in [0, 0.05) is 19.5 Å². The number of hydrogen-bond donors (Lipinski definition) is 10. The zero-order valence-electron chi connectivity index (χ0n) is 29.7. The van der Waals surface area contributed by atoms with Crippen molar-refractivity contribution >= 4 is 41.4 Å². The molecule has 1 aliphatic heterocycles. The van der Waals surface area contributed by atoms with Crippen LogP contribution in [0.3, 0.4) is 0 Å². The molecule has 0 unspecified atom stereocenters. The predicted molar refractivity (Wildman–Crippen MR) is 192 cm³/mol. The van der Waals surface area contributed by atoms with Crippen LogP contribution < -0.4 is 49.1 Å². The van der Waals surface area contributed by atoms with Gasteiger partial charge in [-0.1, -0.05) is 38.8 Å². The topological polar surface area (TPSA) is 285 Å². The Kier molecular flexibility index (Phi) is 18.8. The van der Waals surface area contributed by atoms with Crippen LogP contribution in [0.25, 0.3) is 0 Å². The van der Waals surface area contributed by atoms with Crippen LogP contribution in [-0.2, 0) is 35.2 Å².